The van der Waals surface area contributed by atoms with Crippen LogP contribution in [-0.4, -0.2) is 4.57 Å². The quantitative estimate of drug-likeness (QED) is 0.124. The van der Waals surface area contributed by atoms with Gasteiger partial charge in [-0.15, -0.1) is 0 Å². The molecule has 1 heterocycles. The Kier molecular flexibility index (Phi) is 11.8. The zero-order chi connectivity index (χ0) is 57.4. The zero-order valence-corrected chi connectivity index (χ0v) is 47.7. The summed E-state index contributed by atoms with van der Waals surface area (Å²) in [7, 11) is 0. The first kappa shape index (κ1) is 50.2. The molecule has 0 fully saturated rings. The highest BCUT2D eigenvalue weighted by molar-refractivity contribution is 6.21. The third kappa shape index (κ3) is 8.10. The fourth-order valence-corrected chi connectivity index (χ4v) is 14.6. The van der Waals surface area contributed by atoms with E-state index in [2.05, 4.69) is 349 Å². The minimum Gasteiger partial charge on any atom is -0.310 e. The minimum absolute atomic E-state index is 0.503. The summed E-state index contributed by atoms with van der Waals surface area (Å²) in [6.07, 6.45) is 0. The molecular weight excluding hydrogens is 1050 g/mol. The summed E-state index contributed by atoms with van der Waals surface area (Å²) >= 11 is 0. The predicted molar refractivity (Wildman–Crippen MR) is 367 cm³/mol. The van der Waals surface area contributed by atoms with Crippen molar-refractivity contribution in [1.82, 2.24) is 4.57 Å². The van der Waals surface area contributed by atoms with Gasteiger partial charge in [0.2, 0.25) is 0 Å². The molecule has 0 bridgehead atoms. The maximum atomic E-state index is 2.48. The number of nitrogens with zero attached hydrogens (tertiary/aromatic N) is 2. The van der Waals surface area contributed by atoms with Gasteiger partial charge in [0.25, 0.3) is 0 Å². The second kappa shape index (κ2) is 20.5. The number of para-hydroxylation sites is 1. The molecule has 1 aliphatic carbocycles. The van der Waals surface area contributed by atoms with E-state index in [-0.39, 0.29) is 0 Å². The Labute approximate surface area is 506 Å². The van der Waals surface area contributed by atoms with Crippen LogP contribution in [-0.2, 0) is 5.41 Å². The topological polar surface area (TPSA) is 8.17 Å². The smallest absolute Gasteiger partial charge is 0.0713 e. The van der Waals surface area contributed by atoms with Crippen LogP contribution in [0, 0.1) is 0 Å². The minimum atomic E-state index is -0.503. The Morgan fingerprint density at radius 1 is 0.241 bits per heavy atom. The van der Waals surface area contributed by atoms with E-state index in [0.29, 0.717) is 0 Å². The molecule has 406 valence electrons. The van der Waals surface area contributed by atoms with Crippen molar-refractivity contribution < 1.29 is 0 Å². The summed E-state index contributed by atoms with van der Waals surface area (Å²) in [5.74, 6) is 0. The number of hydrogen-bond donors (Lipinski definition) is 0. The first-order chi connectivity index (χ1) is 43.2. The molecule has 15 aromatic carbocycles. The second-order valence-electron chi connectivity index (χ2n) is 23.1. The van der Waals surface area contributed by atoms with Crippen molar-refractivity contribution in [2.75, 3.05) is 4.90 Å². The van der Waals surface area contributed by atoms with E-state index < -0.39 is 5.41 Å². The Morgan fingerprint density at radius 2 is 0.667 bits per heavy atom. The molecule has 1 aromatic heterocycles. The molecule has 0 spiro atoms. The maximum Gasteiger partial charge on any atom is 0.0713 e. The number of fused-ring (bicyclic) bond motifs is 9. The fourth-order valence-electron chi connectivity index (χ4n) is 14.6. The van der Waals surface area contributed by atoms with Gasteiger partial charge in [-0.3, -0.25) is 0 Å². The predicted octanol–water partition coefficient (Wildman–Crippen LogP) is 22.7. The van der Waals surface area contributed by atoms with Gasteiger partial charge in [0.1, 0.15) is 0 Å². The van der Waals surface area contributed by atoms with Gasteiger partial charge in [0, 0.05) is 33.5 Å². The van der Waals surface area contributed by atoms with E-state index >= 15 is 0 Å². The van der Waals surface area contributed by atoms with E-state index in [1.807, 2.05) is 0 Å². The van der Waals surface area contributed by atoms with Gasteiger partial charge in [-0.1, -0.05) is 261 Å². The first-order valence-electron chi connectivity index (χ1n) is 30.1. The van der Waals surface area contributed by atoms with Crippen LogP contribution in [0.1, 0.15) is 22.3 Å². The molecule has 0 amide bonds. The lowest BCUT2D eigenvalue weighted by Crippen LogP contribution is -2.28. The van der Waals surface area contributed by atoms with Crippen molar-refractivity contribution in [1.29, 1.82) is 0 Å². The number of benzene rings is 15. The van der Waals surface area contributed by atoms with Crippen molar-refractivity contribution in [2.24, 2.45) is 0 Å². The number of hydrogen-bond acceptors (Lipinski definition) is 1. The molecular formula is C85H56N2. The highest BCUT2D eigenvalue weighted by Crippen LogP contribution is 2.57. The zero-order valence-electron chi connectivity index (χ0n) is 47.7. The Hall–Kier alpha value is -11.3. The number of rotatable bonds is 10. The van der Waals surface area contributed by atoms with Crippen LogP contribution < -0.4 is 4.90 Å². The number of anilines is 3. The van der Waals surface area contributed by atoms with Crippen molar-refractivity contribution in [3.8, 4) is 61.3 Å². The third-order valence-electron chi connectivity index (χ3n) is 18.4. The highest BCUT2D eigenvalue weighted by atomic mass is 15.1. The van der Waals surface area contributed by atoms with Crippen LogP contribution in [0.3, 0.4) is 0 Å². The van der Waals surface area contributed by atoms with Crippen LogP contribution in [0.4, 0.5) is 17.1 Å². The van der Waals surface area contributed by atoms with Crippen molar-refractivity contribution in [3.05, 3.63) is 362 Å². The Balaban J connectivity index is 0.846. The van der Waals surface area contributed by atoms with Gasteiger partial charge in [0.05, 0.1) is 16.4 Å². The standard InChI is InChI=1S/C85H56N2/c1-5-22-59(23-6-1)83-73-32-15-17-34-75(73)84(76-35-18-16-33-74(76)83)60-41-47-69(48-42-60)86(68-45-39-58(40-46-68)62-38-37-57-21-13-14-24-61(57)53-62)70-49-52-82-78(56-70)77-54-63(44-51-81(77)87(82)67-29-11-4-12-30-67)64-43-50-72-71-31-19-20-36-79(71)85(80(72)55-64,65-25-7-2-8-26-65)66-27-9-3-10-28-66/h1-56H. The summed E-state index contributed by atoms with van der Waals surface area (Å²) in [5, 5.41) is 9.80. The van der Waals surface area contributed by atoms with E-state index in [0.717, 1.165) is 33.8 Å². The molecule has 17 rings (SSSR count). The maximum absolute atomic E-state index is 2.48. The van der Waals surface area contributed by atoms with Crippen molar-refractivity contribution in [2.45, 2.75) is 5.41 Å². The summed E-state index contributed by atoms with van der Waals surface area (Å²) < 4.78 is 2.43. The molecule has 0 saturated heterocycles. The Bertz CT molecular complexity index is 5200. The SMILES string of the molecule is c1ccc(-c2c3ccccc3c(-c3ccc(N(c4ccc(-c5ccc6ccccc6c5)cc4)c4ccc5c(c4)c4cc(-c6ccc7c(c6)C(c6ccccc6)(c6ccccc6)c6ccccc6-7)ccc4n5-c4ccccc4)cc3)c3ccccc23)cc1. The van der Waals surface area contributed by atoms with Gasteiger partial charge in [-0.05, 0) is 189 Å². The van der Waals surface area contributed by atoms with Gasteiger partial charge in [-0.2, -0.15) is 0 Å². The van der Waals surface area contributed by atoms with E-state index in [9.17, 15) is 0 Å². The van der Waals surface area contributed by atoms with Crippen molar-refractivity contribution >= 4 is 71.2 Å². The molecule has 0 unspecified atom stereocenters. The number of aromatic nitrogens is 1. The molecule has 2 nitrogen and oxygen atoms in total. The first-order valence-corrected chi connectivity index (χ1v) is 30.1. The van der Waals surface area contributed by atoms with Crippen LogP contribution in [0.15, 0.2) is 340 Å². The molecule has 87 heavy (non-hydrogen) atoms. The lowest BCUT2D eigenvalue weighted by molar-refractivity contribution is 0.769. The molecule has 0 saturated carbocycles. The normalized spacial score (nSPS) is 12.5. The average Bonchev–Trinajstić information content (AvgIpc) is 1.61. The molecule has 2 heteroatoms. The second-order valence-corrected chi connectivity index (χ2v) is 23.1. The summed E-state index contributed by atoms with van der Waals surface area (Å²) in [4.78, 5) is 2.43. The fraction of sp³-hybridized carbons (Fsp3) is 0.0118. The summed E-state index contributed by atoms with van der Waals surface area (Å²) in [6.45, 7) is 0. The van der Waals surface area contributed by atoms with Gasteiger partial charge in [0.15, 0.2) is 0 Å². The van der Waals surface area contributed by atoms with Gasteiger partial charge < -0.3 is 9.47 Å². The van der Waals surface area contributed by atoms with E-state index in [1.165, 1.54) is 121 Å². The largest absolute Gasteiger partial charge is 0.310 e. The van der Waals surface area contributed by atoms with Crippen molar-refractivity contribution in [3.63, 3.8) is 0 Å². The average molecular weight is 1110 g/mol. The Morgan fingerprint density at radius 3 is 1.30 bits per heavy atom. The molecule has 0 aliphatic heterocycles. The van der Waals surface area contributed by atoms with E-state index in [1.54, 1.807) is 0 Å². The molecule has 0 atom stereocenters. The van der Waals surface area contributed by atoms with Gasteiger partial charge in [-0.25, -0.2) is 0 Å². The monoisotopic (exact) mass is 1100 g/mol. The molecule has 0 radical (unpaired) electrons. The molecule has 1 aliphatic rings. The summed E-state index contributed by atoms with van der Waals surface area (Å²) in [5.41, 5.74) is 23.4. The van der Waals surface area contributed by atoms with Crippen LogP contribution in [0.25, 0.3) is 115 Å². The molecule has 0 N–H and O–H groups in total. The lowest BCUT2D eigenvalue weighted by Gasteiger charge is -2.34. The highest BCUT2D eigenvalue weighted by Gasteiger charge is 2.46. The third-order valence-corrected chi connectivity index (χ3v) is 18.4. The summed E-state index contributed by atoms with van der Waals surface area (Å²) in [6, 6.07) is 126. The lowest BCUT2D eigenvalue weighted by atomic mass is 9.67. The van der Waals surface area contributed by atoms with Crippen LogP contribution in [0.2, 0.25) is 0 Å². The van der Waals surface area contributed by atoms with Gasteiger partial charge >= 0.3 is 0 Å². The molecule has 16 aromatic rings. The van der Waals surface area contributed by atoms with Crippen LogP contribution in [0.5, 0.6) is 0 Å². The van der Waals surface area contributed by atoms with Crippen LogP contribution >= 0.6 is 0 Å². The van der Waals surface area contributed by atoms with E-state index in [4.69, 9.17) is 0 Å².